The van der Waals surface area contributed by atoms with E-state index in [9.17, 15) is 8.78 Å². The summed E-state index contributed by atoms with van der Waals surface area (Å²) in [6.07, 6.45) is 10.4. The summed E-state index contributed by atoms with van der Waals surface area (Å²) in [7, 11) is 0. The molecule has 261 valence electrons. The first kappa shape index (κ1) is 36.8. The van der Waals surface area contributed by atoms with Crippen LogP contribution in [0.15, 0.2) is 108 Å². The van der Waals surface area contributed by atoms with Crippen molar-refractivity contribution in [3.8, 4) is 33.6 Å². The SMILES string of the molecule is Cc1cc(-c2[c-]cccc2)nc[c]1[Ge]([CH3])([CH3])[CH3].Fc1cccc(F)c1-c1ccc2c(c1)oc1c[c-]c(-c3cc(C4CCCCC4)ccn3)cc12.[Ir]. The third-order valence-corrected chi connectivity index (χ3v) is 14.2. The van der Waals surface area contributed by atoms with Gasteiger partial charge in [-0.15, -0.1) is 23.8 Å². The Balaban J connectivity index is 0.000000211. The van der Waals surface area contributed by atoms with Crippen LogP contribution in [0.1, 0.15) is 49.1 Å². The maximum Gasteiger partial charge on any atom is 0.133 e. The Hall–Kier alpha value is -3.97. The van der Waals surface area contributed by atoms with Gasteiger partial charge in [0.15, 0.2) is 0 Å². The molecule has 3 aromatic heterocycles. The van der Waals surface area contributed by atoms with E-state index in [2.05, 4.69) is 76.8 Å². The number of benzene rings is 4. The molecule has 0 amide bonds. The van der Waals surface area contributed by atoms with Gasteiger partial charge in [0.1, 0.15) is 17.2 Å². The van der Waals surface area contributed by atoms with Crippen LogP contribution in [-0.4, -0.2) is 23.2 Å². The van der Waals surface area contributed by atoms with Crippen LogP contribution in [0.4, 0.5) is 8.78 Å². The minimum absolute atomic E-state index is 0. The molecule has 0 spiro atoms. The minimum Gasteiger partial charge on any atom is -0.500 e. The minimum atomic E-state index is -1.77. The molecule has 0 bridgehead atoms. The Morgan fingerprint density at radius 2 is 1.51 bits per heavy atom. The third-order valence-electron chi connectivity index (χ3n) is 9.70. The molecule has 0 N–H and O–H groups in total. The number of aryl methyl sites for hydroxylation is 1. The van der Waals surface area contributed by atoms with Crippen molar-refractivity contribution in [3.63, 3.8) is 0 Å². The molecule has 0 aliphatic heterocycles. The molecular weight excluding hydrogens is 875 g/mol. The Morgan fingerprint density at radius 1 is 0.745 bits per heavy atom. The molecule has 1 radical (unpaired) electrons. The summed E-state index contributed by atoms with van der Waals surface area (Å²) in [5.41, 5.74) is 8.30. The summed E-state index contributed by atoms with van der Waals surface area (Å²) >= 11 is -1.77. The van der Waals surface area contributed by atoms with E-state index in [1.807, 2.05) is 42.6 Å². The quantitative estimate of drug-likeness (QED) is 0.128. The number of aromatic nitrogens is 2. The van der Waals surface area contributed by atoms with Crippen LogP contribution >= 0.6 is 0 Å². The van der Waals surface area contributed by atoms with Gasteiger partial charge in [-0.25, -0.2) is 8.78 Å². The van der Waals surface area contributed by atoms with Crippen LogP contribution in [0, 0.1) is 30.7 Å². The summed E-state index contributed by atoms with van der Waals surface area (Å²) in [4.78, 5) is 9.20. The molecule has 3 nitrogen and oxygen atoms in total. The number of rotatable bonds is 5. The van der Waals surface area contributed by atoms with Crippen LogP contribution in [-0.2, 0) is 20.1 Å². The molecule has 1 aliphatic carbocycles. The van der Waals surface area contributed by atoms with Gasteiger partial charge in [0.25, 0.3) is 0 Å². The van der Waals surface area contributed by atoms with Crippen LogP contribution < -0.4 is 4.40 Å². The molecule has 0 unspecified atom stereocenters. The number of pyridine rings is 2. The summed E-state index contributed by atoms with van der Waals surface area (Å²) in [5.74, 6) is 6.63. The number of furan rings is 1. The Kier molecular flexibility index (Phi) is 11.4. The zero-order valence-electron chi connectivity index (χ0n) is 29.3. The zero-order valence-corrected chi connectivity index (χ0v) is 33.8. The number of hydrogen-bond donors (Lipinski definition) is 0. The predicted molar refractivity (Wildman–Crippen MR) is 203 cm³/mol. The number of hydrogen-bond acceptors (Lipinski definition) is 3. The average molecular weight is 916 g/mol. The molecular formula is C44H40F2GeIrN2O-2. The number of halogens is 2. The van der Waals surface area contributed by atoms with Crippen LogP contribution in [0.5, 0.6) is 0 Å². The van der Waals surface area contributed by atoms with Gasteiger partial charge in [0.2, 0.25) is 0 Å². The zero-order chi connectivity index (χ0) is 34.8. The molecule has 1 aliphatic rings. The maximum atomic E-state index is 14.3. The maximum absolute atomic E-state index is 14.3. The van der Waals surface area contributed by atoms with Crippen molar-refractivity contribution >= 4 is 39.6 Å². The second-order valence-electron chi connectivity index (χ2n) is 14.3. The second kappa shape index (κ2) is 15.7. The van der Waals surface area contributed by atoms with Crippen molar-refractivity contribution in [3.05, 3.63) is 138 Å². The molecule has 7 aromatic rings. The summed E-state index contributed by atoms with van der Waals surface area (Å²) < 4.78 is 36.0. The van der Waals surface area contributed by atoms with Gasteiger partial charge in [-0.1, -0.05) is 54.5 Å². The van der Waals surface area contributed by atoms with Crippen molar-refractivity contribution in [2.75, 3.05) is 0 Å². The first-order valence-electron chi connectivity index (χ1n) is 17.4. The van der Waals surface area contributed by atoms with Crippen LogP contribution in [0.25, 0.3) is 55.6 Å². The van der Waals surface area contributed by atoms with E-state index in [1.54, 1.807) is 12.1 Å². The van der Waals surface area contributed by atoms with Crippen molar-refractivity contribution in [1.82, 2.24) is 9.97 Å². The van der Waals surface area contributed by atoms with Gasteiger partial charge >= 0.3 is 106 Å². The van der Waals surface area contributed by atoms with E-state index >= 15 is 0 Å². The fourth-order valence-corrected chi connectivity index (χ4v) is 10.7. The summed E-state index contributed by atoms with van der Waals surface area (Å²) in [5, 5.41) is 1.83. The van der Waals surface area contributed by atoms with Crippen molar-refractivity contribution in [2.24, 2.45) is 0 Å². The van der Waals surface area contributed by atoms with Crippen LogP contribution in [0.2, 0.25) is 17.3 Å². The fraction of sp³-hybridized carbons (Fsp3) is 0.227. The fourth-order valence-electron chi connectivity index (χ4n) is 7.12. The standard InChI is InChI=1S/C29H22F2NO.C15H18GeN.Ir/c30-24-7-4-8-25(31)29(24)21-9-11-22-23-15-20(10-12-27(23)33-28(22)17-21)26-16-19(13-14-32-26)18-5-2-1-3-6-18;1-12-10-15(13-8-6-5-7-9-13)17-11-14(12)16(2,3)4;/h4,7-9,11-18H,1-3,5-6H2;5-8,10-11H,1-4H3;/q2*-1;. The molecule has 3 heterocycles. The van der Waals surface area contributed by atoms with Gasteiger partial charge in [-0.05, 0) is 54.3 Å². The molecule has 4 aromatic carbocycles. The second-order valence-corrected chi connectivity index (χ2v) is 24.8. The normalized spacial score (nSPS) is 13.5. The summed E-state index contributed by atoms with van der Waals surface area (Å²) in [6, 6.07) is 34.1. The van der Waals surface area contributed by atoms with E-state index in [0.29, 0.717) is 22.6 Å². The van der Waals surface area contributed by atoms with E-state index in [0.717, 1.165) is 33.3 Å². The first-order chi connectivity index (χ1) is 24.2. The van der Waals surface area contributed by atoms with Gasteiger partial charge in [0, 0.05) is 31.7 Å². The first-order valence-corrected chi connectivity index (χ1v) is 24.7. The largest absolute Gasteiger partial charge is 0.500 e. The van der Waals surface area contributed by atoms with Crippen molar-refractivity contribution < 1.29 is 33.3 Å². The van der Waals surface area contributed by atoms with E-state index < -0.39 is 24.9 Å². The Labute approximate surface area is 315 Å². The Morgan fingerprint density at radius 3 is 2.22 bits per heavy atom. The topological polar surface area (TPSA) is 38.9 Å². The molecule has 1 saturated carbocycles. The third kappa shape index (κ3) is 8.09. The number of nitrogens with zero attached hydrogens (tertiary/aromatic N) is 2. The van der Waals surface area contributed by atoms with Gasteiger partial charge in [-0.3, -0.25) is 0 Å². The molecule has 0 atom stereocenters. The molecule has 51 heavy (non-hydrogen) atoms. The molecule has 0 saturated heterocycles. The van der Waals surface area contributed by atoms with E-state index in [-0.39, 0.29) is 25.7 Å². The monoisotopic (exact) mass is 917 g/mol. The van der Waals surface area contributed by atoms with Crippen LogP contribution in [0.3, 0.4) is 0 Å². The molecule has 1 fully saturated rings. The van der Waals surface area contributed by atoms with Crippen molar-refractivity contribution in [2.45, 2.75) is 62.2 Å². The van der Waals surface area contributed by atoms with E-state index in [1.165, 1.54) is 65.8 Å². The van der Waals surface area contributed by atoms with Gasteiger partial charge in [0.05, 0.1) is 11.1 Å². The van der Waals surface area contributed by atoms with Gasteiger partial charge in [-0.2, -0.15) is 0 Å². The average Bonchev–Trinajstić information content (AvgIpc) is 3.49. The Bertz CT molecular complexity index is 2270. The van der Waals surface area contributed by atoms with Gasteiger partial charge < -0.3 is 9.40 Å². The van der Waals surface area contributed by atoms with Crippen molar-refractivity contribution in [1.29, 1.82) is 0 Å². The summed E-state index contributed by atoms with van der Waals surface area (Å²) in [6.45, 7) is 2.19. The smallest absolute Gasteiger partial charge is 0.133 e. The molecule has 7 heteroatoms. The predicted octanol–water partition coefficient (Wildman–Crippen LogP) is 11.8. The number of fused-ring (bicyclic) bond motifs is 3. The van der Waals surface area contributed by atoms with E-state index in [4.69, 9.17) is 4.42 Å². The molecule has 8 rings (SSSR count).